The quantitative estimate of drug-likeness (QED) is 0.483. The summed E-state index contributed by atoms with van der Waals surface area (Å²) in [6, 6.07) is 17.0. The number of sulfonamides is 1. The van der Waals surface area contributed by atoms with Gasteiger partial charge in [-0.05, 0) is 50.5 Å². The molecule has 1 saturated heterocycles. The number of rotatable bonds is 6. The predicted octanol–water partition coefficient (Wildman–Crippen LogP) is 3.87. The second kappa shape index (κ2) is 10.5. The maximum absolute atomic E-state index is 13.4. The van der Waals surface area contributed by atoms with Crippen molar-refractivity contribution in [2.75, 3.05) is 25.0 Å². The van der Waals surface area contributed by atoms with Crippen molar-refractivity contribution >= 4 is 38.4 Å². The van der Waals surface area contributed by atoms with Crippen LogP contribution in [0.25, 0.3) is 10.8 Å². The van der Waals surface area contributed by atoms with Crippen molar-refractivity contribution in [2.45, 2.75) is 37.6 Å². The molecular weight excluding hydrogens is 464 g/mol. The van der Waals surface area contributed by atoms with Crippen LogP contribution in [-0.2, 0) is 10.0 Å². The molecule has 1 aliphatic rings. The summed E-state index contributed by atoms with van der Waals surface area (Å²) in [6.07, 6.45) is 1.37. The summed E-state index contributed by atoms with van der Waals surface area (Å²) in [5, 5.41) is 6.84. The molecule has 0 bridgehead atoms. The highest BCUT2D eigenvalue weighted by molar-refractivity contribution is 7.89. The Balaban J connectivity index is 1.60. The lowest BCUT2D eigenvalue weighted by molar-refractivity contribution is 0.102. The average Bonchev–Trinajstić information content (AvgIpc) is 2.84. The largest absolute Gasteiger partial charge is 0.338 e. The van der Waals surface area contributed by atoms with Gasteiger partial charge in [0.25, 0.3) is 5.91 Å². The first-order valence-corrected chi connectivity index (χ1v) is 13.2. The molecule has 0 radical (unpaired) electrons. The van der Waals surface area contributed by atoms with E-state index in [9.17, 15) is 18.0 Å². The Morgan fingerprint density at radius 2 is 1.71 bits per heavy atom. The molecule has 1 heterocycles. The van der Waals surface area contributed by atoms with Crippen molar-refractivity contribution in [3.63, 3.8) is 0 Å². The summed E-state index contributed by atoms with van der Waals surface area (Å²) < 4.78 is 29.6. The van der Waals surface area contributed by atoms with E-state index in [0.717, 1.165) is 12.0 Å². The predicted molar refractivity (Wildman–Crippen MR) is 137 cm³/mol. The van der Waals surface area contributed by atoms with Crippen molar-refractivity contribution in [1.82, 2.24) is 14.9 Å². The Labute approximate surface area is 205 Å². The highest BCUT2D eigenvalue weighted by Crippen LogP contribution is 2.30. The monoisotopic (exact) mass is 494 g/mol. The van der Waals surface area contributed by atoms with Gasteiger partial charge in [0.15, 0.2) is 0 Å². The van der Waals surface area contributed by atoms with Gasteiger partial charge in [0.2, 0.25) is 10.0 Å². The summed E-state index contributed by atoms with van der Waals surface area (Å²) in [5.74, 6) is -0.255. The van der Waals surface area contributed by atoms with E-state index in [-0.39, 0.29) is 22.9 Å². The molecule has 0 spiro atoms. The Bertz CT molecular complexity index is 1360. The minimum absolute atomic E-state index is 0.136. The molecule has 0 aromatic heterocycles. The SMILES string of the molecule is CCNC(=O)N1CCCC(NS(=O)(=O)c2ccc(NC(=O)c3ccccc3C)c3ccccc23)C1. The fourth-order valence-electron chi connectivity index (χ4n) is 4.44. The number of amides is 3. The zero-order chi connectivity index (χ0) is 25.0. The van der Waals surface area contributed by atoms with E-state index in [1.807, 2.05) is 26.0 Å². The van der Waals surface area contributed by atoms with Crippen molar-refractivity contribution in [3.05, 3.63) is 71.8 Å². The van der Waals surface area contributed by atoms with Crippen LogP contribution in [-0.4, -0.2) is 50.9 Å². The van der Waals surface area contributed by atoms with Gasteiger partial charge in [0.05, 0.1) is 4.90 Å². The second-order valence-electron chi connectivity index (χ2n) is 8.67. The molecule has 1 aliphatic heterocycles. The van der Waals surface area contributed by atoms with Crippen LogP contribution < -0.4 is 15.4 Å². The number of fused-ring (bicyclic) bond motifs is 1. The van der Waals surface area contributed by atoms with E-state index in [4.69, 9.17) is 0 Å². The van der Waals surface area contributed by atoms with E-state index in [1.165, 1.54) is 6.07 Å². The average molecular weight is 495 g/mol. The smallest absolute Gasteiger partial charge is 0.317 e. The third kappa shape index (κ3) is 5.47. The molecule has 0 saturated carbocycles. The molecular formula is C26H30N4O4S. The molecule has 1 fully saturated rings. The highest BCUT2D eigenvalue weighted by Gasteiger charge is 2.28. The lowest BCUT2D eigenvalue weighted by Crippen LogP contribution is -2.52. The van der Waals surface area contributed by atoms with Crippen LogP contribution in [0.2, 0.25) is 0 Å². The van der Waals surface area contributed by atoms with Gasteiger partial charge < -0.3 is 15.5 Å². The van der Waals surface area contributed by atoms with Gasteiger partial charge in [-0.25, -0.2) is 17.9 Å². The Kier molecular flexibility index (Phi) is 7.37. The summed E-state index contributed by atoms with van der Waals surface area (Å²) in [7, 11) is -3.87. The molecule has 1 unspecified atom stereocenters. The third-order valence-electron chi connectivity index (χ3n) is 6.17. The first-order chi connectivity index (χ1) is 16.8. The molecule has 0 aliphatic carbocycles. The van der Waals surface area contributed by atoms with Crippen molar-refractivity contribution in [3.8, 4) is 0 Å². The topological polar surface area (TPSA) is 108 Å². The number of carbonyl (C=O) groups excluding carboxylic acids is 2. The molecule has 8 nitrogen and oxygen atoms in total. The first kappa shape index (κ1) is 24.7. The zero-order valence-corrected chi connectivity index (χ0v) is 20.7. The fourth-order valence-corrected chi connectivity index (χ4v) is 5.91. The van der Waals surface area contributed by atoms with Crippen molar-refractivity contribution in [1.29, 1.82) is 0 Å². The molecule has 1 atom stereocenters. The number of hydrogen-bond acceptors (Lipinski definition) is 4. The summed E-state index contributed by atoms with van der Waals surface area (Å²) in [6.45, 7) is 5.15. The number of likely N-dealkylation sites (tertiary alicyclic amines) is 1. The Morgan fingerprint density at radius 3 is 2.46 bits per heavy atom. The number of piperidine rings is 1. The van der Waals surface area contributed by atoms with Gasteiger partial charge in [-0.15, -0.1) is 0 Å². The lowest BCUT2D eigenvalue weighted by atomic mass is 10.1. The second-order valence-corrected chi connectivity index (χ2v) is 10.4. The van der Waals surface area contributed by atoms with Crippen LogP contribution >= 0.6 is 0 Å². The van der Waals surface area contributed by atoms with Gasteiger partial charge in [-0.3, -0.25) is 4.79 Å². The van der Waals surface area contributed by atoms with Crippen molar-refractivity contribution in [2.24, 2.45) is 0 Å². The summed E-state index contributed by atoms with van der Waals surface area (Å²) in [4.78, 5) is 26.9. The Morgan fingerprint density at radius 1 is 1.00 bits per heavy atom. The molecule has 184 valence electrons. The maximum Gasteiger partial charge on any atom is 0.317 e. The standard InChI is InChI=1S/C26H30N4O4S/c1-3-27-26(32)30-16-8-10-19(17-30)29-35(33,34)24-15-14-23(21-12-6-7-13-22(21)24)28-25(31)20-11-5-4-9-18(20)2/h4-7,9,11-15,19,29H,3,8,10,16-17H2,1-2H3,(H,27,32)(H,28,31). The minimum Gasteiger partial charge on any atom is -0.338 e. The van der Waals surface area contributed by atoms with Crippen LogP contribution in [0.3, 0.4) is 0 Å². The zero-order valence-electron chi connectivity index (χ0n) is 19.9. The number of benzene rings is 3. The molecule has 3 aromatic rings. The number of urea groups is 1. The molecule has 3 aromatic carbocycles. The molecule has 3 amide bonds. The van der Waals surface area contributed by atoms with Crippen LogP contribution in [0.1, 0.15) is 35.7 Å². The lowest BCUT2D eigenvalue weighted by Gasteiger charge is -2.33. The van der Waals surface area contributed by atoms with Gasteiger partial charge in [-0.2, -0.15) is 0 Å². The van der Waals surface area contributed by atoms with Crippen LogP contribution in [0, 0.1) is 6.92 Å². The summed E-state index contributed by atoms with van der Waals surface area (Å²) in [5.41, 5.74) is 1.95. The molecule has 4 rings (SSSR count). The number of nitrogens with zero attached hydrogens (tertiary/aromatic N) is 1. The minimum atomic E-state index is -3.87. The number of nitrogens with one attached hydrogen (secondary N) is 3. The number of carbonyl (C=O) groups is 2. The molecule has 9 heteroatoms. The van der Waals surface area contributed by atoms with E-state index >= 15 is 0 Å². The van der Waals surface area contributed by atoms with Crippen molar-refractivity contribution < 1.29 is 18.0 Å². The highest BCUT2D eigenvalue weighted by atomic mass is 32.2. The Hall–Kier alpha value is -3.43. The molecule has 3 N–H and O–H groups in total. The van der Waals surface area contributed by atoms with Crippen LogP contribution in [0.4, 0.5) is 10.5 Å². The third-order valence-corrected chi connectivity index (χ3v) is 7.75. The van der Waals surface area contributed by atoms with Gasteiger partial charge >= 0.3 is 6.03 Å². The van der Waals surface area contributed by atoms with E-state index in [0.29, 0.717) is 48.1 Å². The normalized spacial score (nSPS) is 16.2. The first-order valence-electron chi connectivity index (χ1n) is 11.7. The molecule has 35 heavy (non-hydrogen) atoms. The maximum atomic E-state index is 13.4. The number of hydrogen-bond donors (Lipinski definition) is 3. The van der Waals surface area contributed by atoms with Gasteiger partial charge in [-0.1, -0.05) is 42.5 Å². The van der Waals surface area contributed by atoms with E-state index in [1.54, 1.807) is 47.4 Å². The fraction of sp³-hybridized carbons (Fsp3) is 0.308. The number of anilines is 1. The van der Waals surface area contributed by atoms with Crippen LogP contribution in [0.15, 0.2) is 65.6 Å². The van der Waals surface area contributed by atoms with Gasteiger partial charge in [0, 0.05) is 47.7 Å². The van der Waals surface area contributed by atoms with Gasteiger partial charge in [0.1, 0.15) is 0 Å². The summed E-state index contributed by atoms with van der Waals surface area (Å²) >= 11 is 0. The van der Waals surface area contributed by atoms with E-state index < -0.39 is 10.0 Å². The van der Waals surface area contributed by atoms with E-state index in [2.05, 4.69) is 15.4 Å². The number of aryl methyl sites for hydroxylation is 1. The van der Waals surface area contributed by atoms with Crippen LogP contribution in [0.5, 0.6) is 0 Å².